The first-order valence-corrected chi connectivity index (χ1v) is 10.1. The van der Waals surface area contributed by atoms with Crippen LogP contribution in [-0.4, -0.2) is 28.6 Å². The molecule has 29 heavy (non-hydrogen) atoms. The van der Waals surface area contributed by atoms with Gasteiger partial charge in [-0.2, -0.15) is 0 Å². The van der Waals surface area contributed by atoms with Crippen LogP contribution >= 0.6 is 23.6 Å². The van der Waals surface area contributed by atoms with Gasteiger partial charge in [0.1, 0.15) is 5.82 Å². The Bertz CT molecular complexity index is 1070. The lowest BCUT2D eigenvalue weighted by Gasteiger charge is -2.07. The molecule has 3 aromatic rings. The van der Waals surface area contributed by atoms with E-state index in [2.05, 4.69) is 15.6 Å². The summed E-state index contributed by atoms with van der Waals surface area (Å²) < 4.78 is 19.2. The zero-order valence-corrected chi connectivity index (χ0v) is 17.2. The number of amides is 1. The van der Waals surface area contributed by atoms with Gasteiger partial charge >= 0.3 is 5.97 Å². The van der Waals surface area contributed by atoms with Gasteiger partial charge in [-0.25, -0.2) is 14.2 Å². The minimum atomic E-state index is -0.528. The predicted molar refractivity (Wildman–Crippen MR) is 115 cm³/mol. The number of carbonyl (C=O) groups excluding carboxylic acids is 2. The van der Waals surface area contributed by atoms with Crippen molar-refractivity contribution < 1.29 is 18.7 Å². The summed E-state index contributed by atoms with van der Waals surface area (Å²) in [6, 6.07) is 10.4. The van der Waals surface area contributed by atoms with Crippen molar-refractivity contribution in [3.05, 3.63) is 59.4 Å². The monoisotopic (exact) mass is 431 g/mol. The Labute approximate surface area is 176 Å². The Morgan fingerprint density at radius 1 is 1.21 bits per heavy atom. The first kappa shape index (κ1) is 20.8. The van der Waals surface area contributed by atoms with E-state index in [9.17, 15) is 14.0 Å². The molecule has 0 fully saturated rings. The lowest BCUT2D eigenvalue weighted by molar-refractivity contribution is 0.0500. The highest BCUT2D eigenvalue weighted by Gasteiger charge is 2.13. The van der Waals surface area contributed by atoms with E-state index in [1.54, 1.807) is 18.2 Å². The standard InChI is InChI=1S/C20H18FN3O3S2/c1-2-3-9-27-18(26)13-7-8-15-16(11-13)29-20(22-15)24-19(28)23-17(25)12-5-4-6-14(21)10-12/h4-8,10-11H,2-3,9H2,1H3,(H2,22,23,24,25,28). The fraction of sp³-hybridized carbons (Fsp3) is 0.200. The van der Waals surface area contributed by atoms with Crippen molar-refractivity contribution in [2.75, 3.05) is 11.9 Å². The molecule has 0 spiro atoms. The Hall–Kier alpha value is -2.91. The number of nitrogens with zero attached hydrogens (tertiary/aromatic N) is 1. The zero-order valence-electron chi connectivity index (χ0n) is 15.5. The average Bonchev–Trinajstić information content (AvgIpc) is 3.09. The fourth-order valence-electron chi connectivity index (χ4n) is 2.43. The number of hydrogen-bond acceptors (Lipinski definition) is 6. The summed E-state index contributed by atoms with van der Waals surface area (Å²) in [5, 5.41) is 5.81. The number of carbonyl (C=O) groups is 2. The Morgan fingerprint density at radius 3 is 2.79 bits per heavy atom. The van der Waals surface area contributed by atoms with Gasteiger partial charge in [0.25, 0.3) is 5.91 Å². The second-order valence-electron chi connectivity index (χ2n) is 6.11. The van der Waals surface area contributed by atoms with Crippen LogP contribution in [0.15, 0.2) is 42.5 Å². The molecular weight excluding hydrogens is 413 g/mol. The highest BCUT2D eigenvalue weighted by Crippen LogP contribution is 2.27. The van der Waals surface area contributed by atoms with Crippen LogP contribution in [0.3, 0.4) is 0 Å². The molecule has 9 heteroatoms. The third kappa shape index (κ3) is 5.55. The van der Waals surface area contributed by atoms with Gasteiger partial charge in [0.05, 0.1) is 22.4 Å². The minimum absolute atomic E-state index is 0.0394. The van der Waals surface area contributed by atoms with E-state index in [1.165, 1.54) is 29.5 Å². The summed E-state index contributed by atoms with van der Waals surface area (Å²) in [7, 11) is 0. The maximum atomic E-state index is 13.2. The van der Waals surface area contributed by atoms with Crippen molar-refractivity contribution in [3.63, 3.8) is 0 Å². The number of anilines is 1. The highest BCUT2D eigenvalue weighted by atomic mass is 32.1. The lowest BCUT2D eigenvalue weighted by Crippen LogP contribution is -2.34. The quantitative estimate of drug-likeness (QED) is 0.339. The van der Waals surface area contributed by atoms with Gasteiger partial charge in [0.15, 0.2) is 10.2 Å². The number of hydrogen-bond donors (Lipinski definition) is 2. The molecule has 0 saturated heterocycles. The molecule has 1 aromatic heterocycles. The molecule has 2 aromatic carbocycles. The number of thiocarbonyl (C=S) groups is 1. The smallest absolute Gasteiger partial charge is 0.338 e. The minimum Gasteiger partial charge on any atom is -0.462 e. The molecule has 1 heterocycles. The zero-order chi connectivity index (χ0) is 20.8. The molecular formula is C20H18FN3O3S2. The van der Waals surface area contributed by atoms with E-state index in [1.807, 2.05) is 6.92 Å². The van der Waals surface area contributed by atoms with Gasteiger partial charge in [-0.15, -0.1) is 0 Å². The average molecular weight is 432 g/mol. The van der Waals surface area contributed by atoms with Crippen LogP contribution in [0.4, 0.5) is 9.52 Å². The van der Waals surface area contributed by atoms with Crippen molar-refractivity contribution in [1.29, 1.82) is 0 Å². The van der Waals surface area contributed by atoms with Crippen LogP contribution in [0, 0.1) is 5.82 Å². The van der Waals surface area contributed by atoms with Crippen molar-refractivity contribution in [1.82, 2.24) is 10.3 Å². The molecule has 0 bridgehead atoms. The number of nitrogens with one attached hydrogen (secondary N) is 2. The van der Waals surface area contributed by atoms with Crippen molar-refractivity contribution in [2.24, 2.45) is 0 Å². The largest absolute Gasteiger partial charge is 0.462 e. The van der Waals surface area contributed by atoms with Gasteiger partial charge in [0, 0.05) is 5.56 Å². The summed E-state index contributed by atoms with van der Waals surface area (Å²) in [5.74, 6) is -1.41. The fourth-order valence-corrected chi connectivity index (χ4v) is 3.59. The Balaban J connectivity index is 1.65. The lowest BCUT2D eigenvalue weighted by atomic mass is 10.2. The summed E-state index contributed by atoms with van der Waals surface area (Å²) >= 11 is 6.41. The highest BCUT2D eigenvalue weighted by molar-refractivity contribution is 7.80. The van der Waals surface area contributed by atoms with Crippen LogP contribution in [-0.2, 0) is 4.74 Å². The summed E-state index contributed by atoms with van der Waals surface area (Å²) in [4.78, 5) is 28.6. The molecule has 2 N–H and O–H groups in total. The maximum absolute atomic E-state index is 13.2. The van der Waals surface area contributed by atoms with E-state index >= 15 is 0 Å². The number of esters is 1. The molecule has 0 unspecified atom stereocenters. The third-order valence-electron chi connectivity index (χ3n) is 3.89. The molecule has 3 rings (SSSR count). The normalized spacial score (nSPS) is 10.6. The second-order valence-corrected chi connectivity index (χ2v) is 7.55. The van der Waals surface area contributed by atoms with Crippen LogP contribution in [0.5, 0.6) is 0 Å². The number of rotatable bonds is 6. The maximum Gasteiger partial charge on any atom is 0.338 e. The summed E-state index contributed by atoms with van der Waals surface area (Å²) in [6.45, 7) is 2.42. The van der Waals surface area contributed by atoms with Gasteiger partial charge in [-0.3, -0.25) is 10.1 Å². The van der Waals surface area contributed by atoms with E-state index < -0.39 is 11.7 Å². The molecule has 0 aliphatic heterocycles. The Morgan fingerprint density at radius 2 is 2.03 bits per heavy atom. The summed E-state index contributed by atoms with van der Waals surface area (Å²) in [6.07, 6.45) is 1.77. The SMILES string of the molecule is CCCCOC(=O)c1ccc2nc(NC(=S)NC(=O)c3cccc(F)c3)sc2c1. The number of fused-ring (bicyclic) bond motifs is 1. The van der Waals surface area contributed by atoms with Crippen LogP contribution in [0.1, 0.15) is 40.5 Å². The number of ether oxygens (including phenoxy) is 1. The van der Waals surface area contributed by atoms with E-state index in [4.69, 9.17) is 17.0 Å². The first-order chi connectivity index (χ1) is 14.0. The van der Waals surface area contributed by atoms with Crippen molar-refractivity contribution in [2.45, 2.75) is 19.8 Å². The van der Waals surface area contributed by atoms with Gasteiger partial charge in [-0.05, 0) is 55.0 Å². The van der Waals surface area contributed by atoms with E-state index in [0.717, 1.165) is 23.6 Å². The molecule has 6 nitrogen and oxygen atoms in total. The van der Waals surface area contributed by atoms with Crippen LogP contribution < -0.4 is 10.6 Å². The van der Waals surface area contributed by atoms with Crippen LogP contribution in [0.2, 0.25) is 0 Å². The molecule has 0 saturated carbocycles. The first-order valence-electron chi connectivity index (χ1n) is 8.92. The molecule has 0 atom stereocenters. The van der Waals surface area contributed by atoms with Gasteiger partial charge < -0.3 is 10.1 Å². The predicted octanol–water partition coefficient (Wildman–Crippen LogP) is 4.52. The number of aromatic nitrogens is 1. The molecule has 0 radical (unpaired) electrons. The molecule has 150 valence electrons. The summed E-state index contributed by atoms with van der Waals surface area (Å²) in [5.41, 5.74) is 1.29. The van der Waals surface area contributed by atoms with E-state index in [0.29, 0.717) is 22.8 Å². The Kier molecular flexibility index (Phi) is 6.84. The number of thiazole rings is 1. The molecule has 0 aliphatic rings. The number of unbranched alkanes of at least 4 members (excludes halogenated alkanes) is 1. The van der Waals surface area contributed by atoms with E-state index in [-0.39, 0.29) is 16.6 Å². The number of halogens is 1. The van der Waals surface area contributed by atoms with Gasteiger partial charge in [-0.1, -0.05) is 30.7 Å². The van der Waals surface area contributed by atoms with Crippen molar-refractivity contribution in [3.8, 4) is 0 Å². The third-order valence-corrected chi connectivity index (χ3v) is 5.03. The topological polar surface area (TPSA) is 80.3 Å². The number of benzene rings is 2. The molecule has 0 aliphatic carbocycles. The second kappa shape index (κ2) is 9.53. The van der Waals surface area contributed by atoms with Gasteiger partial charge in [0.2, 0.25) is 0 Å². The van der Waals surface area contributed by atoms with Crippen LogP contribution in [0.25, 0.3) is 10.2 Å². The molecule has 1 amide bonds. The van der Waals surface area contributed by atoms with Crippen molar-refractivity contribution >= 4 is 55.9 Å².